The predicted molar refractivity (Wildman–Crippen MR) is 91.9 cm³/mol. The third-order valence-corrected chi connectivity index (χ3v) is 4.20. The fraction of sp³-hybridized carbons (Fsp3) is 0.471. The van der Waals surface area contributed by atoms with E-state index >= 15 is 0 Å². The lowest BCUT2D eigenvalue weighted by Gasteiger charge is -2.26. The smallest absolute Gasteiger partial charge is 0.0726 e. The summed E-state index contributed by atoms with van der Waals surface area (Å²) in [5, 5.41) is 5.37. The number of benzene rings is 1. The molecule has 1 N–H and O–H groups in total. The van der Waals surface area contributed by atoms with Crippen LogP contribution in [-0.2, 0) is 4.74 Å². The van der Waals surface area contributed by atoms with Gasteiger partial charge in [-0.15, -0.1) is 0 Å². The predicted octanol–water partition coefficient (Wildman–Crippen LogP) is 3.33. The SMILES string of the molecule is Cc1cc(NCCCN2CCOCC2)c2cc(Cl)ccc2n1. The van der Waals surface area contributed by atoms with Gasteiger partial charge in [-0.3, -0.25) is 9.88 Å². The van der Waals surface area contributed by atoms with Crippen LogP contribution >= 0.6 is 11.6 Å². The summed E-state index contributed by atoms with van der Waals surface area (Å²) in [7, 11) is 0. The Hall–Kier alpha value is -1.36. The van der Waals surface area contributed by atoms with Gasteiger partial charge in [0, 0.05) is 41.4 Å². The van der Waals surface area contributed by atoms with E-state index in [2.05, 4.69) is 21.3 Å². The van der Waals surface area contributed by atoms with Gasteiger partial charge in [0.1, 0.15) is 0 Å². The maximum atomic E-state index is 6.12. The van der Waals surface area contributed by atoms with E-state index < -0.39 is 0 Å². The second-order valence-electron chi connectivity index (χ2n) is 5.71. The van der Waals surface area contributed by atoms with E-state index in [4.69, 9.17) is 16.3 Å². The van der Waals surface area contributed by atoms with E-state index in [0.29, 0.717) is 0 Å². The van der Waals surface area contributed by atoms with Gasteiger partial charge in [-0.05, 0) is 44.2 Å². The Morgan fingerprint density at radius 1 is 1.27 bits per heavy atom. The highest BCUT2D eigenvalue weighted by molar-refractivity contribution is 6.31. The molecule has 0 aliphatic carbocycles. The Bertz CT molecular complexity index is 641. The molecule has 2 aromatic rings. The van der Waals surface area contributed by atoms with Crippen molar-refractivity contribution in [2.24, 2.45) is 0 Å². The van der Waals surface area contributed by atoms with Crippen LogP contribution in [0.1, 0.15) is 12.1 Å². The topological polar surface area (TPSA) is 37.4 Å². The average molecular weight is 320 g/mol. The first-order valence-electron chi connectivity index (χ1n) is 7.83. The number of aromatic nitrogens is 1. The number of ether oxygens (including phenoxy) is 1. The Morgan fingerprint density at radius 2 is 2.09 bits per heavy atom. The number of morpholine rings is 1. The minimum Gasteiger partial charge on any atom is -0.384 e. The van der Waals surface area contributed by atoms with Crippen molar-refractivity contribution in [1.29, 1.82) is 0 Å². The van der Waals surface area contributed by atoms with Gasteiger partial charge in [-0.2, -0.15) is 0 Å². The summed E-state index contributed by atoms with van der Waals surface area (Å²) in [5.41, 5.74) is 3.12. The second kappa shape index (κ2) is 7.27. The molecule has 0 bridgehead atoms. The second-order valence-corrected chi connectivity index (χ2v) is 6.14. The Kier molecular flexibility index (Phi) is 5.13. The summed E-state index contributed by atoms with van der Waals surface area (Å²) >= 11 is 6.12. The lowest BCUT2D eigenvalue weighted by atomic mass is 10.1. The maximum absolute atomic E-state index is 6.12. The quantitative estimate of drug-likeness (QED) is 0.858. The molecule has 0 atom stereocenters. The molecule has 118 valence electrons. The lowest BCUT2D eigenvalue weighted by molar-refractivity contribution is 0.0378. The number of nitrogens with zero attached hydrogens (tertiary/aromatic N) is 2. The van der Waals surface area contributed by atoms with E-state index in [1.165, 1.54) is 0 Å². The Morgan fingerprint density at radius 3 is 2.91 bits per heavy atom. The van der Waals surface area contributed by atoms with Crippen LogP contribution in [0.3, 0.4) is 0 Å². The normalized spacial score (nSPS) is 16.1. The maximum Gasteiger partial charge on any atom is 0.0726 e. The molecule has 3 rings (SSSR count). The Labute approximate surface area is 136 Å². The largest absolute Gasteiger partial charge is 0.384 e. The van der Waals surface area contributed by atoms with E-state index in [1.54, 1.807) is 0 Å². The summed E-state index contributed by atoms with van der Waals surface area (Å²) in [4.78, 5) is 7.01. The van der Waals surface area contributed by atoms with Gasteiger partial charge in [0.15, 0.2) is 0 Å². The van der Waals surface area contributed by atoms with E-state index in [0.717, 1.165) is 73.1 Å². The first kappa shape index (κ1) is 15.5. The van der Waals surface area contributed by atoms with Crippen molar-refractivity contribution >= 4 is 28.2 Å². The zero-order valence-electron chi connectivity index (χ0n) is 12.9. The van der Waals surface area contributed by atoms with Crippen molar-refractivity contribution < 1.29 is 4.74 Å². The molecule has 0 unspecified atom stereocenters. The van der Waals surface area contributed by atoms with E-state index in [-0.39, 0.29) is 0 Å². The van der Waals surface area contributed by atoms with Gasteiger partial charge >= 0.3 is 0 Å². The van der Waals surface area contributed by atoms with Crippen molar-refractivity contribution in [1.82, 2.24) is 9.88 Å². The molecule has 0 spiro atoms. The number of anilines is 1. The standard InChI is InChI=1S/C17H22ClN3O/c1-13-11-17(15-12-14(18)3-4-16(15)20-13)19-5-2-6-21-7-9-22-10-8-21/h3-4,11-12H,2,5-10H2,1H3,(H,19,20). The van der Waals surface area contributed by atoms with Crippen LogP contribution in [0.15, 0.2) is 24.3 Å². The molecular weight excluding hydrogens is 298 g/mol. The zero-order valence-corrected chi connectivity index (χ0v) is 13.7. The minimum absolute atomic E-state index is 0.745. The zero-order chi connectivity index (χ0) is 15.4. The monoisotopic (exact) mass is 319 g/mol. The highest BCUT2D eigenvalue weighted by Crippen LogP contribution is 2.26. The van der Waals surface area contributed by atoms with Crippen molar-refractivity contribution in [3.8, 4) is 0 Å². The first-order chi connectivity index (χ1) is 10.7. The fourth-order valence-electron chi connectivity index (χ4n) is 2.83. The van der Waals surface area contributed by atoms with Gasteiger partial charge in [0.2, 0.25) is 0 Å². The number of hydrogen-bond donors (Lipinski definition) is 1. The molecule has 1 aliphatic rings. The number of halogens is 1. The molecule has 4 nitrogen and oxygen atoms in total. The van der Waals surface area contributed by atoms with Crippen molar-refractivity contribution in [3.63, 3.8) is 0 Å². The van der Waals surface area contributed by atoms with Gasteiger partial charge in [-0.1, -0.05) is 11.6 Å². The molecular formula is C17H22ClN3O. The van der Waals surface area contributed by atoms with Crippen molar-refractivity contribution in [2.45, 2.75) is 13.3 Å². The van der Waals surface area contributed by atoms with Crippen LogP contribution in [0.5, 0.6) is 0 Å². The molecule has 1 saturated heterocycles. The molecule has 1 aromatic carbocycles. The lowest BCUT2D eigenvalue weighted by Crippen LogP contribution is -2.37. The Balaban J connectivity index is 1.62. The number of pyridine rings is 1. The minimum atomic E-state index is 0.745. The summed E-state index contributed by atoms with van der Waals surface area (Å²) in [6, 6.07) is 7.93. The molecule has 1 fully saturated rings. The van der Waals surface area contributed by atoms with Gasteiger partial charge in [0.25, 0.3) is 0 Å². The highest BCUT2D eigenvalue weighted by Gasteiger charge is 2.09. The average Bonchev–Trinajstić information content (AvgIpc) is 2.53. The van der Waals surface area contributed by atoms with Crippen molar-refractivity contribution in [3.05, 3.63) is 35.0 Å². The summed E-state index contributed by atoms with van der Waals surface area (Å²) in [5.74, 6) is 0. The third-order valence-electron chi connectivity index (χ3n) is 3.97. The summed E-state index contributed by atoms with van der Waals surface area (Å²) in [6.07, 6.45) is 1.11. The van der Waals surface area contributed by atoms with Crippen LogP contribution in [-0.4, -0.2) is 49.3 Å². The molecule has 22 heavy (non-hydrogen) atoms. The number of aryl methyl sites for hydroxylation is 1. The first-order valence-corrected chi connectivity index (χ1v) is 8.21. The van der Waals surface area contributed by atoms with Gasteiger partial charge < -0.3 is 10.1 Å². The molecule has 0 radical (unpaired) electrons. The van der Waals surface area contributed by atoms with Gasteiger partial charge in [0.05, 0.1) is 18.7 Å². The van der Waals surface area contributed by atoms with Crippen LogP contribution in [0.2, 0.25) is 5.02 Å². The molecule has 1 aromatic heterocycles. The highest BCUT2D eigenvalue weighted by atomic mass is 35.5. The molecule has 5 heteroatoms. The van der Waals surface area contributed by atoms with E-state index in [1.807, 2.05) is 25.1 Å². The number of nitrogens with one attached hydrogen (secondary N) is 1. The molecule has 0 amide bonds. The number of hydrogen-bond acceptors (Lipinski definition) is 4. The van der Waals surface area contributed by atoms with Crippen LogP contribution in [0, 0.1) is 6.92 Å². The van der Waals surface area contributed by atoms with Crippen LogP contribution in [0.25, 0.3) is 10.9 Å². The van der Waals surface area contributed by atoms with Gasteiger partial charge in [-0.25, -0.2) is 0 Å². The molecule has 0 saturated carbocycles. The summed E-state index contributed by atoms with van der Waals surface area (Å²) in [6.45, 7) is 7.90. The third kappa shape index (κ3) is 3.88. The van der Waals surface area contributed by atoms with Crippen molar-refractivity contribution in [2.75, 3.05) is 44.7 Å². The van der Waals surface area contributed by atoms with E-state index in [9.17, 15) is 0 Å². The molecule has 2 heterocycles. The molecule has 1 aliphatic heterocycles. The number of fused-ring (bicyclic) bond motifs is 1. The number of rotatable bonds is 5. The van der Waals surface area contributed by atoms with Crippen LogP contribution < -0.4 is 5.32 Å². The fourth-order valence-corrected chi connectivity index (χ4v) is 3.00. The summed E-state index contributed by atoms with van der Waals surface area (Å²) < 4.78 is 5.37. The van der Waals surface area contributed by atoms with Crippen LogP contribution in [0.4, 0.5) is 5.69 Å².